The van der Waals surface area contributed by atoms with Crippen LogP contribution in [0.25, 0.3) is 11.1 Å². The highest BCUT2D eigenvalue weighted by atomic mass is 19.3. The molecule has 0 saturated carbocycles. The molecule has 0 unspecified atom stereocenters. The summed E-state index contributed by atoms with van der Waals surface area (Å²) in [6.07, 6.45) is 4.79. The summed E-state index contributed by atoms with van der Waals surface area (Å²) in [5.74, 6) is 0.0174. The van der Waals surface area contributed by atoms with E-state index in [4.69, 9.17) is 0 Å². The molecule has 0 aliphatic carbocycles. The van der Waals surface area contributed by atoms with E-state index in [-0.39, 0.29) is 5.75 Å². The molecular weight excluding hydrogens is 342 g/mol. The molecule has 0 bridgehead atoms. The fourth-order valence-electron chi connectivity index (χ4n) is 2.24. The van der Waals surface area contributed by atoms with Gasteiger partial charge in [0.25, 0.3) is 0 Å². The molecule has 8 heteroatoms. The first-order valence-corrected chi connectivity index (χ1v) is 7.58. The Balaban J connectivity index is 1.63. The van der Waals surface area contributed by atoms with Crippen LogP contribution >= 0.6 is 0 Å². The first-order chi connectivity index (χ1) is 12.6. The molecule has 3 aromatic rings. The minimum Gasteiger partial charge on any atom is -0.435 e. The third-order valence-corrected chi connectivity index (χ3v) is 3.35. The maximum Gasteiger partial charge on any atom is 0.387 e. The largest absolute Gasteiger partial charge is 0.435 e. The molecule has 6 nitrogen and oxygen atoms in total. The van der Waals surface area contributed by atoms with Gasteiger partial charge < -0.3 is 15.4 Å². The molecule has 1 heterocycles. The van der Waals surface area contributed by atoms with E-state index in [9.17, 15) is 13.6 Å². The van der Waals surface area contributed by atoms with Gasteiger partial charge in [0, 0.05) is 29.3 Å². The predicted octanol–water partition coefficient (Wildman–Crippen LogP) is 4.39. The number of nitrogens with zero attached hydrogens (tertiary/aromatic N) is 2. The van der Waals surface area contributed by atoms with Gasteiger partial charge in [-0.1, -0.05) is 12.1 Å². The quantitative estimate of drug-likeness (QED) is 0.711. The first-order valence-electron chi connectivity index (χ1n) is 7.58. The van der Waals surface area contributed by atoms with Crippen LogP contribution in [0.4, 0.5) is 25.0 Å². The Kier molecular flexibility index (Phi) is 5.33. The van der Waals surface area contributed by atoms with Crippen molar-refractivity contribution in [1.29, 1.82) is 0 Å². The molecule has 0 spiro atoms. The Bertz CT molecular complexity index is 874. The standard InChI is InChI=1S/C18H14F2N4O2/c19-17(20)26-16-6-4-14(5-7-16)23-18(25)24-15-3-1-2-12(8-15)13-9-21-11-22-10-13/h1-11,17H,(H2,23,24,25). The molecule has 2 aromatic carbocycles. The van der Waals surface area contributed by atoms with Crippen LogP contribution in [0.1, 0.15) is 0 Å². The average molecular weight is 356 g/mol. The number of rotatable bonds is 5. The summed E-state index contributed by atoms with van der Waals surface area (Å²) in [5.41, 5.74) is 2.71. The number of carbonyl (C=O) groups excluding carboxylic acids is 1. The summed E-state index contributed by atoms with van der Waals surface area (Å²) < 4.78 is 28.5. The van der Waals surface area contributed by atoms with Gasteiger partial charge in [-0.25, -0.2) is 14.8 Å². The van der Waals surface area contributed by atoms with E-state index in [1.165, 1.54) is 30.6 Å². The van der Waals surface area contributed by atoms with Gasteiger partial charge in [0.2, 0.25) is 0 Å². The van der Waals surface area contributed by atoms with E-state index in [0.29, 0.717) is 11.4 Å². The molecule has 0 radical (unpaired) electrons. The zero-order valence-corrected chi connectivity index (χ0v) is 13.4. The van der Waals surface area contributed by atoms with Gasteiger partial charge in [0.05, 0.1) is 0 Å². The smallest absolute Gasteiger partial charge is 0.387 e. The lowest BCUT2D eigenvalue weighted by molar-refractivity contribution is -0.0498. The van der Waals surface area contributed by atoms with E-state index >= 15 is 0 Å². The second-order valence-electron chi connectivity index (χ2n) is 5.19. The summed E-state index contributed by atoms with van der Waals surface area (Å²) in [4.78, 5) is 20.0. The van der Waals surface area contributed by atoms with E-state index < -0.39 is 12.6 Å². The van der Waals surface area contributed by atoms with Gasteiger partial charge in [0.15, 0.2) is 0 Å². The third kappa shape index (κ3) is 4.73. The molecule has 0 saturated heterocycles. The van der Waals surface area contributed by atoms with Crippen molar-refractivity contribution in [2.24, 2.45) is 0 Å². The van der Waals surface area contributed by atoms with Gasteiger partial charge in [-0.15, -0.1) is 0 Å². The Hall–Kier alpha value is -3.55. The SMILES string of the molecule is O=C(Nc1ccc(OC(F)F)cc1)Nc1cccc(-c2cncnc2)c1. The minimum absolute atomic E-state index is 0.0174. The number of ether oxygens (including phenoxy) is 1. The van der Waals surface area contributed by atoms with E-state index in [0.717, 1.165) is 11.1 Å². The minimum atomic E-state index is -2.89. The van der Waals surface area contributed by atoms with Gasteiger partial charge in [0.1, 0.15) is 12.1 Å². The lowest BCUT2D eigenvalue weighted by atomic mass is 10.1. The van der Waals surface area contributed by atoms with Crippen LogP contribution in [0.15, 0.2) is 67.3 Å². The topological polar surface area (TPSA) is 76.1 Å². The highest BCUT2D eigenvalue weighted by Crippen LogP contribution is 2.22. The van der Waals surface area contributed by atoms with Crippen molar-refractivity contribution in [2.45, 2.75) is 6.61 Å². The van der Waals surface area contributed by atoms with E-state index in [1.807, 2.05) is 6.07 Å². The number of anilines is 2. The number of benzene rings is 2. The summed E-state index contributed by atoms with van der Waals surface area (Å²) in [7, 11) is 0. The Morgan fingerprint density at radius 3 is 2.31 bits per heavy atom. The van der Waals surface area contributed by atoms with Crippen LogP contribution < -0.4 is 15.4 Å². The number of aromatic nitrogens is 2. The van der Waals surface area contributed by atoms with E-state index in [2.05, 4.69) is 25.3 Å². The average Bonchev–Trinajstić information content (AvgIpc) is 2.64. The van der Waals surface area contributed by atoms with Gasteiger partial charge in [-0.3, -0.25) is 0 Å². The predicted molar refractivity (Wildman–Crippen MR) is 93.2 cm³/mol. The summed E-state index contributed by atoms with van der Waals surface area (Å²) in [6.45, 7) is -2.89. The summed E-state index contributed by atoms with van der Waals surface area (Å²) in [5, 5.41) is 5.32. The molecule has 3 rings (SSSR count). The number of alkyl halides is 2. The van der Waals surface area contributed by atoms with Crippen LogP contribution in [-0.2, 0) is 0 Å². The molecule has 0 aliphatic heterocycles. The number of halogens is 2. The Morgan fingerprint density at radius 2 is 1.62 bits per heavy atom. The van der Waals surface area contributed by atoms with Crippen LogP contribution in [-0.4, -0.2) is 22.6 Å². The van der Waals surface area contributed by atoms with Crippen molar-refractivity contribution in [3.63, 3.8) is 0 Å². The third-order valence-electron chi connectivity index (χ3n) is 3.35. The lowest BCUT2D eigenvalue weighted by Gasteiger charge is -2.10. The number of nitrogens with one attached hydrogen (secondary N) is 2. The van der Waals surface area contributed by atoms with Crippen LogP contribution in [0.2, 0.25) is 0 Å². The second-order valence-corrected chi connectivity index (χ2v) is 5.19. The fourth-order valence-corrected chi connectivity index (χ4v) is 2.24. The van der Waals surface area contributed by atoms with Crippen LogP contribution in [0, 0.1) is 0 Å². The van der Waals surface area contributed by atoms with Crippen molar-refractivity contribution < 1.29 is 18.3 Å². The molecule has 0 aliphatic rings. The van der Waals surface area contributed by atoms with Gasteiger partial charge >= 0.3 is 12.6 Å². The van der Waals surface area contributed by atoms with Gasteiger partial charge in [-0.05, 0) is 42.0 Å². The van der Waals surface area contributed by atoms with Crippen molar-refractivity contribution >= 4 is 17.4 Å². The number of carbonyl (C=O) groups is 1. The van der Waals surface area contributed by atoms with Crippen molar-refractivity contribution in [3.05, 3.63) is 67.3 Å². The van der Waals surface area contributed by atoms with Crippen LogP contribution in [0.5, 0.6) is 5.75 Å². The summed E-state index contributed by atoms with van der Waals surface area (Å²) >= 11 is 0. The fraction of sp³-hybridized carbons (Fsp3) is 0.0556. The molecule has 2 N–H and O–H groups in total. The molecule has 0 fully saturated rings. The Morgan fingerprint density at radius 1 is 0.923 bits per heavy atom. The molecule has 1 aromatic heterocycles. The van der Waals surface area contributed by atoms with Crippen molar-refractivity contribution in [1.82, 2.24) is 9.97 Å². The normalized spacial score (nSPS) is 10.4. The first kappa shape index (κ1) is 17.3. The number of hydrogen-bond donors (Lipinski definition) is 2. The van der Waals surface area contributed by atoms with Crippen LogP contribution in [0.3, 0.4) is 0 Å². The second kappa shape index (κ2) is 8.02. The maximum atomic E-state index is 12.1. The monoisotopic (exact) mass is 356 g/mol. The number of amides is 2. The summed E-state index contributed by atoms with van der Waals surface area (Å²) in [6, 6.07) is 12.4. The number of hydrogen-bond acceptors (Lipinski definition) is 4. The highest BCUT2D eigenvalue weighted by Gasteiger charge is 2.07. The Labute approximate surface area is 147 Å². The van der Waals surface area contributed by atoms with Gasteiger partial charge in [-0.2, -0.15) is 8.78 Å². The molecule has 0 atom stereocenters. The maximum absolute atomic E-state index is 12.1. The molecular formula is C18H14F2N4O2. The molecule has 26 heavy (non-hydrogen) atoms. The van der Waals surface area contributed by atoms with Crippen molar-refractivity contribution in [2.75, 3.05) is 10.6 Å². The molecule has 132 valence electrons. The van der Waals surface area contributed by atoms with E-state index in [1.54, 1.807) is 30.6 Å². The molecule has 2 amide bonds. The number of urea groups is 1. The zero-order chi connectivity index (χ0) is 18.4. The zero-order valence-electron chi connectivity index (χ0n) is 13.4. The highest BCUT2D eigenvalue weighted by molar-refractivity contribution is 6.00. The lowest BCUT2D eigenvalue weighted by Crippen LogP contribution is -2.19. The van der Waals surface area contributed by atoms with Crippen molar-refractivity contribution in [3.8, 4) is 16.9 Å².